The standard InChI is InChI=1S/C19H20N6OS/c1-13(11-24-9-4-7-21-24)22-17(26)12-25-19-18(14(2)23-25)15(6-8-20-19)16-5-3-10-27-16/h3-10,13H,11-12H2,1-2H3,(H,22,26). The van der Waals surface area contributed by atoms with Gasteiger partial charge in [0.05, 0.1) is 17.6 Å². The van der Waals surface area contributed by atoms with E-state index in [4.69, 9.17) is 0 Å². The van der Waals surface area contributed by atoms with Crippen molar-refractivity contribution < 1.29 is 4.79 Å². The Bertz CT molecular complexity index is 1050. The van der Waals surface area contributed by atoms with Crippen molar-refractivity contribution in [2.24, 2.45) is 0 Å². The minimum Gasteiger partial charge on any atom is -0.350 e. The minimum absolute atomic E-state index is 0.0324. The van der Waals surface area contributed by atoms with E-state index in [1.54, 1.807) is 33.1 Å². The van der Waals surface area contributed by atoms with Crippen LogP contribution in [0.3, 0.4) is 0 Å². The molecule has 7 nitrogen and oxygen atoms in total. The highest BCUT2D eigenvalue weighted by Crippen LogP contribution is 2.32. The van der Waals surface area contributed by atoms with Gasteiger partial charge in [0.25, 0.3) is 0 Å². The number of amides is 1. The maximum atomic E-state index is 12.5. The lowest BCUT2D eigenvalue weighted by molar-refractivity contribution is -0.122. The summed E-state index contributed by atoms with van der Waals surface area (Å²) in [6, 6.07) is 7.94. The average molecular weight is 380 g/mol. The third kappa shape index (κ3) is 3.61. The Morgan fingerprint density at radius 3 is 2.93 bits per heavy atom. The highest BCUT2D eigenvalue weighted by molar-refractivity contribution is 7.13. The molecule has 0 bridgehead atoms. The summed E-state index contributed by atoms with van der Waals surface area (Å²) in [7, 11) is 0. The van der Waals surface area contributed by atoms with Crippen LogP contribution in [0.2, 0.25) is 0 Å². The third-order valence-electron chi connectivity index (χ3n) is 4.32. The molecule has 0 spiro atoms. The van der Waals surface area contributed by atoms with Crippen LogP contribution in [-0.4, -0.2) is 36.5 Å². The molecular weight excluding hydrogens is 360 g/mol. The van der Waals surface area contributed by atoms with Gasteiger partial charge in [0.2, 0.25) is 5.91 Å². The first-order valence-electron chi connectivity index (χ1n) is 8.74. The highest BCUT2D eigenvalue weighted by atomic mass is 32.1. The fourth-order valence-corrected chi connectivity index (χ4v) is 3.98. The summed E-state index contributed by atoms with van der Waals surface area (Å²) < 4.78 is 3.48. The maximum absolute atomic E-state index is 12.5. The second-order valence-corrected chi connectivity index (χ2v) is 7.42. The molecule has 1 unspecified atom stereocenters. The molecular formula is C19H20N6OS. The fourth-order valence-electron chi connectivity index (χ4n) is 3.22. The fraction of sp³-hybridized carbons (Fsp3) is 0.263. The second-order valence-electron chi connectivity index (χ2n) is 6.47. The Kier molecular flexibility index (Phi) is 4.72. The zero-order valence-electron chi connectivity index (χ0n) is 15.2. The van der Waals surface area contributed by atoms with Crippen molar-refractivity contribution in [2.45, 2.75) is 33.0 Å². The molecule has 1 amide bonds. The summed E-state index contributed by atoms with van der Waals surface area (Å²) in [5.74, 6) is -0.0950. The summed E-state index contributed by atoms with van der Waals surface area (Å²) in [4.78, 5) is 18.1. The van der Waals surface area contributed by atoms with Crippen molar-refractivity contribution in [2.75, 3.05) is 0 Å². The number of nitrogens with zero attached hydrogens (tertiary/aromatic N) is 5. The van der Waals surface area contributed by atoms with E-state index in [9.17, 15) is 4.79 Å². The van der Waals surface area contributed by atoms with Gasteiger partial charge in [-0.3, -0.25) is 9.48 Å². The molecule has 1 atom stereocenters. The summed E-state index contributed by atoms with van der Waals surface area (Å²) in [6.07, 6.45) is 5.38. The Balaban J connectivity index is 1.54. The van der Waals surface area contributed by atoms with E-state index in [2.05, 4.69) is 31.9 Å². The smallest absolute Gasteiger partial charge is 0.242 e. The Morgan fingerprint density at radius 2 is 2.19 bits per heavy atom. The zero-order valence-corrected chi connectivity index (χ0v) is 16.0. The number of fused-ring (bicyclic) bond motifs is 1. The number of aryl methyl sites for hydroxylation is 1. The number of thiophene rings is 1. The average Bonchev–Trinajstić information content (AvgIpc) is 3.38. The molecule has 0 aliphatic rings. The van der Waals surface area contributed by atoms with Crippen LogP contribution in [0.5, 0.6) is 0 Å². The van der Waals surface area contributed by atoms with E-state index in [-0.39, 0.29) is 18.5 Å². The normalized spacial score (nSPS) is 12.4. The number of rotatable bonds is 6. The van der Waals surface area contributed by atoms with Crippen LogP contribution in [-0.2, 0) is 17.9 Å². The molecule has 138 valence electrons. The third-order valence-corrected chi connectivity index (χ3v) is 5.22. The van der Waals surface area contributed by atoms with Gasteiger partial charge in [-0.05, 0) is 37.4 Å². The van der Waals surface area contributed by atoms with Gasteiger partial charge < -0.3 is 5.32 Å². The second kappa shape index (κ2) is 7.32. The van der Waals surface area contributed by atoms with Gasteiger partial charge >= 0.3 is 0 Å². The van der Waals surface area contributed by atoms with Gasteiger partial charge in [-0.1, -0.05) is 6.07 Å². The number of aromatic nitrogens is 5. The molecule has 0 saturated carbocycles. The van der Waals surface area contributed by atoms with Crippen molar-refractivity contribution in [3.8, 4) is 10.4 Å². The van der Waals surface area contributed by atoms with Gasteiger partial charge in [0.1, 0.15) is 6.54 Å². The number of pyridine rings is 1. The summed E-state index contributed by atoms with van der Waals surface area (Å²) in [5, 5.41) is 14.8. The number of nitrogens with one attached hydrogen (secondary N) is 1. The van der Waals surface area contributed by atoms with Crippen LogP contribution < -0.4 is 5.32 Å². The quantitative estimate of drug-likeness (QED) is 0.558. The minimum atomic E-state index is -0.0950. The predicted molar refractivity (Wildman–Crippen MR) is 105 cm³/mol. The number of hydrogen-bond donors (Lipinski definition) is 1. The van der Waals surface area contributed by atoms with E-state index in [0.717, 1.165) is 22.3 Å². The number of carbonyl (C=O) groups excluding carboxylic acids is 1. The molecule has 4 aromatic heterocycles. The Hall–Kier alpha value is -3.00. The number of carbonyl (C=O) groups is 1. The molecule has 0 radical (unpaired) electrons. The largest absolute Gasteiger partial charge is 0.350 e. The molecule has 0 aliphatic heterocycles. The lowest BCUT2D eigenvalue weighted by Gasteiger charge is -2.14. The van der Waals surface area contributed by atoms with Crippen molar-refractivity contribution in [3.05, 3.63) is 53.9 Å². The van der Waals surface area contributed by atoms with Crippen LogP contribution in [0.15, 0.2) is 48.2 Å². The molecule has 0 aromatic carbocycles. The monoisotopic (exact) mass is 380 g/mol. The van der Waals surface area contributed by atoms with E-state index in [1.807, 2.05) is 38.2 Å². The first-order chi connectivity index (χ1) is 13.1. The predicted octanol–water partition coefficient (Wildman–Crippen LogP) is 2.87. The van der Waals surface area contributed by atoms with Gasteiger partial charge in [0, 0.05) is 35.1 Å². The van der Waals surface area contributed by atoms with Crippen LogP contribution >= 0.6 is 11.3 Å². The lowest BCUT2D eigenvalue weighted by atomic mass is 10.1. The van der Waals surface area contributed by atoms with Crippen molar-refractivity contribution in [1.29, 1.82) is 0 Å². The van der Waals surface area contributed by atoms with Crippen molar-refractivity contribution in [3.63, 3.8) is 0 Å². The molecule has 27 heavy (non-hydrogen) atoms. The van der Waals surface area contributed by atoms with Gasteiger partial charge in [-0.25, -0.2) is 9.67 Å². The van der Waals surface area contributed by atoms with E-state index < -0.39 is 0 Å². The van der Waals surface area contributed by atoms with E-state index in [1.165, 1.54) is 4.88 Å². The molecule has 4 rings (SSSR count). The zero-order chi connectivity index (χ0) is 18.8. The molecule has 0 aliphatic carbocycles. The molecule has 0 saturated heterocycles. The maximum Gasteiger partial charge on any atom is 0.242 e. The lowest BCUT2D eigenvalue weighted by Crippen LogP contribution is -2.38. The molecule has 1 N–H and O–H groups in total. The summed E-state index contributed by atoms with van der Waals surface area (Å²) >= 11 is 1.68. The van der Waals surface area contributed by atoms with Crippen molar-refractivity contribution >= 4 is 28.3 Å². The van der Waals surface area contributed by atoms with Crippen LogP contribution in [0.1, 0.15) is 12.6 Å². The van der Waals surface area contributed by atoms with Gasteiger partial charge in [0.15, 0.2) is 5.65 Å². The Labute approximate surface area is 160 Å². The molecule has 4 heterocycles. The van der Waals surface area contributed by atoms with Crippen molar-refractivity contribution in [1.82, 2.24) is 29.9 Å². The topological polar surface area (TPSA) is 77.6 Å². The molecule has 8 heteroatoms. The van der Waals surface area contributed by atoms with Gasteiger partial charge in [-0.15, -0.1) is 11.3 Å². The van der Waals surface area contributed by atoms with Gasteiger partial charge in [-0.2, -0.15) is 10.2 Å². The SMILES string of the molecule is Cc1nn(CC(=O)NC(C)Cn2cccn2)c2nccc(-c3cccs3)c12. The molecule has 4 aromatic rings. The van der Waals surface area contributed by atoms with Crippen LogP contribution in [0.25, 0.3) is 21.5 Å². The Morgan fingerprint density at radius 1 is 1.30 bits per heavy atom. The first kappa shape index (κ1) is 17.4. The van der Waals surface area contributed by atoms with E-state index in [0.29, 0.717) is 6.54 Å². The highest BCUT2D eigenvalue weighted by Gasteiger charge is 2.17. The van der Waals surface area contributed by atoms with Crippen LogP contribution in [0.4, 0.5) is 0 Å². The number of hydrogen-bond acceptors (Lipinski definition) is 5. The summed E-state index contributed by atoms with van der Waals surface area (Å²) in [6.45, 7) is 4.67. The summed E-state index contributed by atoms with van der Waals surface area (Å²) in [5.41, 5.74) is 2.71. The first-order valence-corrected chi connectivity index (χ1v) is 9.62. The molecule has 0 fully saturated rings. The van der Waals surface area contributed by atoms with E-state index >= 15 is 0 Å². The van der Waals surface area contributed by atoms with Crippen LogP contribution in [0, 0.1) is 6.92 Å².